The third-order valence-corrected chi connectivity index (χ3v) is 0. The summed E-state index contributed by atoms with van der Waals surface area (Å²) in [5.74, 6) is 0. The van der Waals surface area contributed by atoms with Crippen LogP contribution in [0, 0.1) is 0 Å². The van der Waals surface area contributed by atoms with Crippen LogP contribution in [0.15, 0.2) is 0 Å². The van der Waals surface area contributed by atoms with Crippen LogP contribution in [0.3, 0.4) is 0 Å². The van der Waals surface area contributed by atoms with Gasteiger partial charge in [-0.2, -0.15) is 0 Å². The molecule has 0 radical (unpaired) electrons. The molecule has 6 N–H and O–H groups in total. The van der Waals surface area contributed by atoms with Gasteiger partial charge in [-0.1, -0.05) is 0 Å². The summed E-state index contributed by atoms with van der Waals surface area (Å²) in [4.78, 5) is 17.1. The summed E-state index contributed by atoms with van der Waals surface area (Å²) >= 11 is 0. The molecule has 74 valence electrons. The summed E-state index contributed by atoms with van der Waals surface area (Å²) < 4.78 is 0. The zero-order chi connectivity index (χ0) is 7.15. The Labute approximate surface area is 102 Å². The van der Waals surface area contributed by atoms with Crippen LogP contribution in [-0.2, 0) is 0 Å². The van der Waals surface area contributed by atoms with Crippen LogP contribution in [0.2, 0.25) is 0 Å². The van der Waals surface area contributed by atoms with E-state index < -0.39 is 12.3 Å². The fourth-order valence-electron chi connectivity index (χ4n) is 0. The van der Waals surface area contributed by atoms with E-state index >= 15 is 0 Å². The van der Waals surface area contributed by atoms with Crippen molar-refractivity contribution in [2.75, 3.05) is 0 Å². The molecule has 0 saturated heterocycles. The topological polar surface area (TPSA) is 147 Å². The van der Waals surface area contributed by atoms with Crippen LogP contribution in [0.5, 0.6) is 0 Å². The van der Waals surface area contributed by atoms with Crippen LogP contribution in [-0.4, -0.2) is 89.6 Å². The summed E-state index contributed by atoms with van der Waals surface area (Å²) in [5.41, 5.74) is 0. The van der Waals surface area contributed by atoms with Gasteiger partial charge in [-0.05, 0) is 11.0 Å². The maximum Gasteiger partial charge on any atom is 2.00 e. The Morgan fingerprint density at radius 2 is 0.917 bits per heavy atom. The maximum atomic E-state index is 8.56. The van der Waals surface area contributed by atoms with E-state index in [-0.39, 0.29) is 59.7 Å². The Hall–Kier alpha value is 0.0156. The van der Waals surface area contributed by atoms with E-state index in [0.717, 1.165) is 0 Å². The van der Waals surface area contributed by atoms with E-state index in [2.05, 4.69) is 0 Å². The summed E-state index contributed by atoms with van der Waals surface area (Å²) in [6.45, 7) is 0. The molecule has 0 amide bonds. The number of carboxylic acid groups (broad SMARTS) is 4. The van der Waals surface area contributed by atoms with Crippen LogP contribution < -0.4 is 0 Å². The van der Waals surface area contributed by atoms with Gasteiger partial charge in [0.15, 0.2) is 17.4 Å². The largest absolute Gasteiger partial charge is 2.00 e. The van der Waals surface area contributed by atoms with Crippen molar-refractivity contribution >= 4 is 63.7 Å². The molecule has 0 fully saturated rings. The molecule has 0 aliphatic rings. The molecule has 10 heteroatoms. The second-order valence-corrected chi connectivity index (χ2v) is 0.565. The summed E-state index contributed by atoms with van der Waals surface area (Å²) in [6, 6.07) is 0. The monoisotopic (exact) mass is 230 g/mol. The zero-order valence-corrected chi connectivity index (χ0v) is 6.23. The van der Waals surface area contributed by atoms with Crippen LogP contribution in [0.1, 0.15) is 2.85 Å². The SMILES string of the molecule is O.O=C(O)O.O=C(O)O.[AlH3].[H-].[H-].[Mg+2].[SiH4]. The van der Waals surface area contributed by atoms with Gasteiger partial charge >= 0.3 is 35.4 Å². The van der Waals surface area contributed by atoms with E-state index in [9.17, 15) is 0 Å². The molecular formula is C2H15AlMgO7Si. The zero-order valence-electron chi connectivity index (χ0n) is 6.81. The standard InChI is InChI=1S/2CH2O3.Al.Mg.H2O.H4Si.5H/c2*2-1(3)4;;;;;;;;;/h2*(H2,2,3,4);;;1H2;1H4;;;;;/q;;;+2;;;;;;2*-1. The number of rotatable bonds is 0. The molecule has 7 nitrogen and oxygen atoms in total. The van der Waals surface area contributed by atoms with E-state index in [0.29, 0.717) is 0 Å². The van der Waals surface area contributed by atoms with Gasteiger partial charge in [-0.3, -0.25) is 0 Å². The maximum absolute atomic E-state index is 8.56. The van der Waals surface area contributed by atoms with Crippen molar-refractivity contribution in [2.24, 2.45) is 0 Å². The second-order valence-electron chi connectivity index (χ2n) is 0.565. The van der Waals surface area contributed by atoms with Gasteiger partial charge in [0.05, 0.1) is 0 Å². The molecule has 0 aromatic rings. The minimum Gasteiger partial charge on any atom is -1.00 e. The van der Waals surface area contributed by atoms with Crippen molar-refractivity contribution in [3.63, 3.8) is 0 Å². The van der Waals surface area contributed by atoms with Crippen LogP contribution in [0.4, 0.5) is 9.59 Å². The Balaban J connectivity index is -0.00000000600. The van der Waals surface area contributed by atoms with E-state index in [1.807, 2.05) is 0 Å². The summed E-state index contributed by atoms with van der Waals surface area (Å²) in [6.07, 6.45) is -3.67. The quantitative estimate of drug-likeness (QED) is 0.323. The van der Waals surface area contributed by atoms with Gasteiger partial charge in [0.2, 0.25) is 0 Å². The molecule has 0 bridgehead atoms. The molecule has 0 heterocycles. The van der Waals surface area contributed by atoms with Gasteiger partial charge in [-0.15, -0.1) is 0 Å². The van der Waals surface area contributed by atoms with E-state index in [4.69, 9.17) is 30.0 Å². The van der Waals surface area contributed by atoms with Crippen molar-refractivity contribution in [3.8, 4) is 0 Å². The molecule has 0 aromatic carbocycles. The summed E-state index contributed by atoms with van der Waals surface area (Å²) in [7, 11) is 0. The van der Waals surface area contributed by atoms with Gasteiger partial charge in [0.1, 0.15) is 0 Å². The third-order valence-electron chi connectivity index (χ3n) is 0. The minimum absolute atomic E-state index is 0. The average Bonchev–Trinajstić information content (AvgIpc) is 1.25. The fourth-order valence-corrected chi connectivity index (χ4v) is 0. The molecular weight excluding hydrogens is 215 g/mol. The first-order valence-electron chi connectivity index (χ1n) is 1.30. The number of hydrogen-bond acceptors (Lipinski definition) is 2. The van der Waals surface area contributed by atoms with Gasteiger partial charge < -0.3 is 28.8 Å². The number of hydrogen-bond donors (Lipinski definition) is 4. The predicted octanol–water partition coefficient (Wildman–Crippen LogP) is -3.17. The molecule has 0 aliphatic carbocycles. The molecule has 0 spiro atoms. The molecule has 0 atom stereocenters. The van der Waals surface area contributed by atoms with Crippen molar-refractivity contribution in [2.45, 2.75) is 0 Å². The fraction of sp³-hybridized carbons (Fsp3) is 0. The normalized spacial score (nSPS) is 4.00. The Morgan fingerprint density at radius 3 is 0.917 bits per heavy atom. The van der Waals surface area contributed by atoms with Crippen molar-refractivity contribution < 1.29 is 38.3 Å². The van der Waals surface area contributed by atoms with Gasteiger partial charge in [0, 0.05) is 0 Å². The molecule has 0 aromatic heterocycles. The van der Waals surface area contributed by atoms with Gasteiger partial charge in [0.25, 0.3) is 0 Å². The third kappa shape index (κ3) is 3350000. The Kier molecular flexibility index (Phi) is 103. The van der Waals surface area contributed by atoms with E-state index in [1.165, 1.54) is 0 Å². The van der Waals surface area contributed by atoms with Crippen LogP contribution in [0.25, 0.3) is 0 Å². The smallest absolute Gasteiger partial charge is 1.00 e. The van der Waals surface area contributed by atoms with Crippen molar-refractivity contribution in [1.29, 1.82) is 0 Å². The first-order valence-corrected chi connectivity index (χ1v) is 1.30. The van der Waals surface area contributed by atoms with Crippen molar-refractivity contribution in [3.05, 3.63) is 0 Å². The average molecular weight is 231 g/mol. The Morgan fingerprint density at radius 1 is 0.917 bits per heavy atom. The molecule has 0 aliphatic heterocycles. The molecule has 0 saturated carbocycles. The summed E-state index contributed by atoms with van der Waals surface area (Å²) in [5, 5.41) is 27.9. The molecule has 0 unspecified atom stereocenters. The van der Waals surface area contributed by atoms with E-state index in [1.54, 1.807) is 0 Å². The van der Waals surface area contributed by atoms with Gasteiger partial charge in [-0.25, -0.2) is 9.59 Å². The first kappa shape index (κ1) is 40.3. The molecule has 0 rings (SSSR count). The predicted molar refractivity (Wildman–Crippen MR) is 54.2 cm³/mol. The minimum atomic E-state index is -1.83. The Bertz CT molecular complexity index is 87.7. The van der Waals surface area contributed by atoms with Crippen molar-refractivity contribution in [1.82, 2.24) is 0 Å². The number of carbonyl (C=O) groups is 2. The first-order chi connectivity index (χ1) is 3.46. The molecule has 12 heavy (non-hydrogen) atoms. The van der Waals surface area contributed by atoms with Crippen LogP contribution >= 0.6 is 0 Å². The second kappa shape index (κ2) is 30.5.